The summed E-state index contributed by atoms with van der Waals surface area (Å²) in [4.78, 5) is 23.0. The van der Waals surface area contributed by atoms with Crippen molar-refractivity contribution in [3.05, 3.63) is 30.3 Å². The molecule has 8 nitrogen and oxygen atoms in total. The van der Waals surface area contributed by atoms with Crippen LogP contribution in [0.15, 0.2) is 35.3 Å². The first-order valence-corrected chi connectivity index (χ1v) is 12.1. The summed E-state index contributed by atoms with van der Waals surface area (Å²) >= 11 is 0. The van der Waals surface area contributed by atoms with Gasteiger partial charge in [-0.15, -0.1) is 24.0 Å². The van der Waals surface area contributed by atoms with Crippen molar-refractivity contribution in [2.45, 2.75) is 38.6 Å². The molecule has 3 rings (SSSR count). The van der Waals surface area contributed by atoms with Crippen molar-refractivity contribution in [2.24, 2.45) is 4.99 Å². The number of unbranched alkanes of at least 4 members (excludes halogenated alkanes) is 1. The number of nitrogens with one attached hydrogen (secondary N) is 2. The van der Waals surface area contributed by atoms with Crippen molar-refractivity contribution in [3.8, 4) is 0 Å². The van der Waals surface area contributed by atoms with Crippen LogP contribution >= 0.6 is 24.0 Å². The number of piperazine rings is 1. The molecule has 0 bridgehead atoms. The van der Waals surface area contributed by atoms with Gasteiger partial charge in [0.2, 0.25) is 0 Å². The van der Waals surface area contributed by atoms with E-state index in [1.54, 1.807) is 4.90 Å². The molecule has 0 aliphatic carbocycles. The number of carbonyl (C=O) groups excluding carboxylic acids is 1. The maximum atomic E-state index is 11.8. The minimum absolute atomic E-state index is 0. The van der Waals surface area contributed by atoms with Crippen molar-refractivity contribution in [1.82, 2.24) is 20.4 Å². The quantitative estimate of drug-likeness (QED) is 0.216. The molecule has 1 amide bonds. The van der Waals surface area contributed by atoms with Crippen molar-refractivity contribution in [1.29, 1.82) is 0 Å². The zero-order valence-corrected chi connectivity index (χ0v) is 22.5. The van der Waals surface area contributed by atoms with Gasteiger partial charge in [0, 0.05) is 64.6 Å². The zero-order valence-electron chi connectivity index (χ0n) is 20.2. The molecule has 0 saturated carbocycles. The molecule has 2 aliphatic heterocycles. The van der Waals surface area contributed by atoms with Crippen LogP contribution in [0.25, 0.3) is 0 Å². The minimum atomic E-state index is -0.199. The van der Waals surface area contributed by atoms with E-state index in [9.17, 15) is 4.79 Å². The predicted molar refractivity (Wildman–Crippen MR) is 146 cm³/mol. The molecule has 0 atom stereocenters. The third-order valence-electron chi connectivity index (χ3n) is 6.27. The van der Waals surface area contributed by atoms with Crippen molar-refractivity contribution in [2.75, 3.05) is 70.9 Å². The second kappa shape index (κ2) is 15.2. The van der Waals surface area contributed by atoms with Crippen LogP contribution in [0.1, 0.15) is 32.6 Å². The highest BCUT2D eigenvalue weighted by molar-refractivity contribution is 14.0. The van der Waals surface area contributed by atoms with E-state index in [1.165, 1.54) is 12.1 Å². The number of para-hydroxylation sites is 1. The highest BCUT2D eigenvalue weighted by Gasteiger charge is 2.24. The molecule has 2 aliphatic rings. The number of benzene rings is 1. The third kappa shape index (κ3) is 9.19. The Bertz CT molecular complexity index is 704. The molecule has 0 unspecified atom stereocenters. The Morgan fingerprint density at radius 2 is 1.76 bits per heavy atom. The number of aliphatic imine (C=N–C) groups is 1. The lowest BCUT2D eigenvalue weighted by Crippen LogP contribution is -2.50. The van der Waals surface area contributed by atoms with Crippen molar-refractivity contribution in [3.63, 3.8) is 0 Å². The van der Waals surface area contributed by atoms with Gasteiger partial charge in [0.15, 0.2) is 5.96 Å². The molecule has 9 heteroatoms. The van der Waals surface area contributed by atoms with Crippen molar-refractivity contribution >= 4 is 41.7 Å². The fourth-order valence-electron chi connectivity index (χ4n) is 4.34. The minimum Gasteiger partial charge on any atom is -0.450 e. The molecule has 1 aromatic rings. The fourth-order valence-corrected chi connectivity index (χ4v) is 4.34. The number of amides is 1. The van der Waals surface area contributed by atoms with E-state index in [2.05, 4.69) is 55.8 Å². The highest BCUT2D eigenvalue weighted by Crippen LogP contribution is 2.15. The van der Waals surface area contributed by atoms with Gasteiger partial charge >= 0.3 is 6.09 Å². The molecular weight excluding hydrogens is 531 g/mol. The standard InChI is InChI=1S/C24H40N6O2.HI/c1-3-32-24(31)30-15-11-21(12-16-30)27-23(25-2)26-13-7-8-14-28-17-19-29(20-18-28)22-9-5-4-6-10-22;/h4-6,9-10,21H,3,7-8,11-20H2,1-2H3,(H2,25,26,27);1H. The second-order valence-electron chi connectivity index (χ2n) is 8.47. The molecule has 0 aromatic heterocycles. The van der Waals surface area contributed by atoms with Gasteiger partial charge in [-0.1, -0.05) is 18.2 Å². The summed E-state index contributed by atoms with van der Waals surface area (Å²) in [7, 11) is 1.81. The van der Waals surface area contributed by atoms with Gasteiger partial charge in [0.05, 0.1) is 6.61 Å². The molecule has 2 fully saturated rings. The average Bonchev–Trinajstić information content (AvgIpc) is 2.84. The van der Waals surface area contributed by atoms with E-state index in [-0.39, 0.29) is 30.1 Å². The van der Waals surface area contributed by atoms with Crippen molar-refractivity contribution < 1.29 is 9.53 Å². The largest absolute Gasteiger partial charge is 0.450 e. The molecule has 2 N–H and O–H groups in total. The Kier molecular flexibility index (Phi) is 12.7. The third-order valence-corrected chi connectivity index (χ3v) is 6.27. The van der Waals surface area contributed by atoms with Crippen LogP contribution in [0, 0.1) is 0 Å². The fraction of sp³-hybridized carbons (Fsp3) is 0.667. The van der Waals surface area contributed by atoms with Crippen LogP contribution in [0.2, 0.25) is 0 Å². The average molecular weight is 573 g/mol. The SMILES string of the molecule is CCOC(=O)N1CCC(NC(=NC)NCCCCN2CCN(c3ccccc3)CC2)CC1.I. The predicted octanol–water partition coefficient (Wildman–Crippen LogP) is 2.99. The number of piperidine rings is 1. The number of hydrogen-bond donors (Lipinski definition) is 2. The van der Waals surface area contributed by atoms with Gasteiger partial charge < -0.3 is 25.2 Å². The lowest BCUT2D eigenvalue weighted by atomic mass is 10.1. The van der Waals surface area contributed by atoms with E-state index in [1.807, 2.05) is 14.0 Å². The Balaban J connectivity index is 0.00000385. The summed E-state index contributed by atoms with van der Waals surface area (Å²) in [6, 6.07) is 11.0. The number of halogens is 1. The van der Waals surface area contributed by atoms with Gasteiger partial charge in [0.25, 0.3) is 0 Å². The summed E-state index contributed by atoms with van der Waals surface area (Å²) in [6.07, 6.45) is 3.94. The Labute approximate surface area is 216 Å². The van der Waals surface area contributed by atoms with Gasteiger partial charge in [-0.05, 0) is 51.3 Å². The maximum Gasteiger partial charge on any atom is 0.409 e. The normalized spacial score (nSPS) is 17.9. The lowest BCUT2D eigenvalue weighted by Gasteiger charge is -2.36. The van der Waals surface area contributed by atoms with Gasteiger partial charge in [-0.25, -0.2) is 4.79 Å². The summed E-state index contributed by atoms with van der Waals surface area (Å²) in [5.41, 5.74) is 1.33. The second-order valence-corrected chi connectivity index (χ2v) is 8.47. The molecule has 2 saturated heterocycles. The summed E-state index contributed by atoms with van der Waals surface area (Å²) in [6.45, 7) is 10.3. The smallest absolute Gasteiger partial charge is 0.409 e. The zero-order chi connectivity index (χ0) is 22.6. The van der Waals surface area contributed by atoms with E-state index >= 15 is 0 Å². The van der Waals surface area contributed by atoms with E-state index in [4.69, 9.17) is 4.74 Å². The van der Waals surface area contributed by atoms with Crippen LogP contribution in [0.5, 0.6) is 0 Å². The van der Waals surface area contributed by atoms with Crippen LogP contribution in [0.3, 0.4) is 0 Å². The molecule has 2 heterocycles. The topological polar surface area (TPSA) is 72.4 Å². The first-order chi connectivity index (χ1) is 15.7. The highest BCUT2D eigenvalue weighted by atomic mass is 127. The Morgan fingerprint density at radius 1 is 1.06 bits per heavy atom. The summed E-state index contributed by atoms with van der Waals surface area (Å²) < 4.78 is 5.09. The number of anilines is 1. The van der Waals surface area contributed by atoms with Gasteiger partial charge in [-0.3, -0.25) is 9.89 Å². The first kappa shape index (κ1) is 27.5. The Hall–Kier alpha value is -1.75. The van der Waals surface area contributed by atoms with Gasteiger partial charge in [-0.2, -0.15) is 0 Å². The molecule has 0 radical (unpaired) electrons. The lowest BCUT2D eigenvalue weighted by molar-refractivity contribution is 0.0963. The first-order valence-electron chi connectivity index (χ1n) is 12.1. The summed E-state index contributed by atoms with van der Waals surface area (Å²) in [5.74, 6) is 0.857. The molecule has 33 heavy (non-hydrogen) atoms. The number of nitrogens with zero attached hydrogens (tertiary/aromatic N) is 4. The van der Waals surface area contributed by atoms with Crippen LogP contribution in [0.4, 0.5) is 10.5 Å². The van der Waals surface area contributed by atoms with Crippen LogP contribution in [-0.2, 0) is 4.74 Å². The number of hydrogen-bond acceptors (Lipinski definition) is 5. The van der Waals surface area contributed by atoms with E-state index < -0.39 is 0 Å². The number of guanidine groups is 1. The maximum absolute atomic E-state index is 11.8. The van der Waals surface area contributed by atoms with E-state index in [0.717, 1.165) is 77.6 Å². The summed E-state index contributed by atoms with van der Waals surface area (Å²) in [5, 5.41) is 6.95. The molecule has 1 aromatic carbocycles. The Morgan fingerprint density at radius 3 is 2.39 bits per heavy atom. The van der Waals surface area contributed by atoms with Crippen LogP contribution in [-0.4, -0.2) is 93.9 Å². The monoisotopic (exact) mass is 572 g/mol. The number of rotatable bonds is 8. The molecule has 0 spiro atoms. The molecular formula is C24H41IN6O2. The van der Waals surface area contributed by atoms with E-state index in [0.29, 0.717) is 12.6 Å². The van der Waals surface area contributed by atoms with Crippen LogP contribution < -0.4 is 15.5 Å². The number of carbonyl (C=O) groups is 1. The number of likely N-dealkylation sites (tertiary alicyclic amines) is 1. The van der Waals surface area contributed by atoms with Gasteiger partial charge in [0.1, 0.15) is 0 Å². The molecule has 186 valence electrons. The number of ether oxygens (including phenoxy) is 1.